The van der Waals surface area contributed by atoms with E-state index in [1.807, 2.05) is 20.8 Å². The van der Waals surface area contributed by atoms with Crippen molar-refractivity contribution in [1.82, 2.24) is 0 Å². The van der Waals surface area contributed by atoms with E-state index in [0.717, 1.165) is 5.76 Å². The molecular weight excluding hydrogens is 171 g/mol. The summed E-state index contributed by atoms with van der Waals surface area (Å²) in [6.07, 6.45) is 2.39. The van der Waals surface area contributed by atoms with Crippen molar-refractivity contribution in [2.24, 2.45) is 0 Å². The van der Waals surface area contributed by atoms with Gasteiger partial charge in [0.25, 0.3) is 0 Å². The molecule has 1 atom stereocenters. The van der Waals surface area contributed by atoms with Gasteiger partial charge in [0.05, 0.1) is 17.0 Å². The summed E-state index contributed by atoms with van der Waals surface area (Å²) in [4.78, 5) is 0. The van der Waals surface area contributed by atoms with Gasteiger partial charge in [-0.1, -0.05) is 0 Å². The highest BCUT2D eigenvalue weighted by atomic mass is 31.2. The van der Waals surface area contributed by atoms with Gasteiger partial charge in [-0.2, -0.15) is 0 Å². The molecule has 0 aromatic heterocycles. The van der Waals surface area contributed by atoms with Gasteiger partial charge in [0, 0.05) is 0 Å². The third-order valence-corrected chi connectivity index (χ3v) is 3.70. The van der Waals surface area contributed by atoms with Gasteiger partial charge >= 0.3 is 0 Å². The van der Waals surface area contributed by atoms with Gasteiger partial charge in [-0.25, -0.2) is 0 Å². The van der Waals surface area contributed by atoms with Crippen LogP contribution in [0.15, 0.2) is 11.8 Å². The maximum Gasteiger partial charge on any atom is 0.240 e. The van der Waals surface area contributed by atoms with Crippen LogP contribution >= 0.6 is 8.38 Å². The summed E-state index contributed by atoms with van der Waals surface area (Å²) in [6, 6.07) is 0. The Balaban J connectivity index is 2.60. The lowest BCUT2D eigenvalue weighted by atomic mass is 10.2. The number of allylic oxidation sites excluding steroid dienone is 2. The predicted molar refractivity (Wildman–Crippen MR) is 52.1 cm³/mol. The van der Waals surface area contributed by atoms with Crippen molar-refractivity contribution in [3.05, 3.63) is 11.8 Å². The molecule has 0 aromatic rings. The molecule has 1 heterocycles. The van der Waals surface area contributed by atoms with Crippen LogP contribution in [0.25, 0.3) is 0 Å². The third kappa shape index (κ3) is 2.21. The summed E-state index contributed by atoms with van der Waals surface area (Å²) in [6.45, 7) is 10.4. The summed E-state index contributed by atoms with van der Waals surface area (Å²) in [7, 11) is -0.760. The van der Waals surface area contributed by atoms with Gasteiger partial charge in [0.2, 0.25) is 8.38 Å². The first-order valence-electron chi connectivity index (χ1n) is 4.26. The van der Waals surface area contributed by atoms with Crippen LogP contribution < -0.4 is 0 Å². The molecule has 2 nitrogen and oxygen atoms in total. The van der Waals surface area contributed by atoms with Crippen molar-refractivity contribution in [2.75, 3.05) is 0 Å². The van der Waals surface area contributed by atoms with Crippen LogP contribution in [0.4, 0.5) is 0 Å². The molecule has 0 saturated carbocycles. The van der Waals surface area contributed by atoms with Gasteiger partial charge in [-0.3, -0.25) is 0 Å². The summed E-state index contributed by atoms with van der Waals surface area (Å²) in [5.74, 6) is 0.992. The normalized spacial score (nSPS) is 27.2. The molecule has 1 aliphatic heterocycles. The molecule has 0 N–H and O–H groups in total. The maximum absolute atomic E-state index is 5.69. The zero-order valence-corrected chi connectivity index (χ0v) is 9.31. The highest BCUT2D eigenvalue weighted by Crippen LogP contribution is 2.59. The molecule has 0 fully saturated rings. The van der Waals surface area contributed by atoms with Crippen LogP contribution in [0, 0.1) is 0 Å². The molecule has 0 amide bonds. The molecule has 70 valence electrons. The van der Waals surface area contributed by atoms with Gasteiger partial charge < -0.3 is 9.05 Å². The minimum Gasteiger partial charge on any atom is -0.452 e. The van der Waals surface area contributed by atoms with Crippen molar-refractivity contribution >= 4 is 8.38 Å². The Kier molecular flexibility index (Phi) is 2.80. The van der Waals surface area contributed by atoms with E-state index in [9.17, 15) is 0 Å². The van der Waals surface area contributed by atoms with Gasteiger partial charge in [0.1, 0.15) is 0 Å². The smallest absolute Gasteiger partial charge is 0.240 e. The molecule has 1 unspecified atom stereocenters. The summed E-state index contributed by atoms with van der Waals surface area (Å²) in [5.41, 5.74) is 0. The van der Waals surface area contributed by atoms with Crippen LogP contribution in [0.3, 0.4) is 0 Å². The molecule has 0 spiro atoms. The fraction of sp³-hybridized carbons (Fsp3) is 0.778. The maximum atomic E-state index is 5.69. The molecule has 0 saturated heterocycles. The lowest BCUT2D eigenvalue weighted by Crippen LogP contribution is -2.13. The van der Waals surface area contributed by atoms with Crippen LogP contribution in [-0.4, -0.2) is 11.3 Å². The lowest BCUT2D eigenvalue weighted by Gasteiger charge is -2.24. The van der Waals surface area contributed by atoms with E-state index in [-0.39, 0.29) is 11.3 Å². The second-order valence-electron chi connectivity index (χ2n) is 3.91. The number of hydrogen-bond acceptors (Lipinski definition) is 2. The Hall–Kier alpha value is -0.0700. The quantitative estimate of drug-likeness (QED) is 0.618. The Morgan fingerprint density at radius 2 is 2.08 bits per heavy atom. The van der Waals surface area contributed by atoms with Gasteiger partial charge in [-0.15, -0.1) is 0 Å². The third-order valence-electron chi connectivity index (χ3n) is 1.56. The minimum atomic E-state index is -0.760. The van der Waals surface area contributed by atoms with E-state index >= 15 is 0 Å². The Morgan fingerprint density at radius 3 is 2.42 bits per heavy atom. The summed E-state index contributed by atoms with van der Waals surface area (Å²) in [5, 5.41) is 0.0731. The van der Waals surface area contributed by atoms with E-state index in [4.69, 9.17) is 9.05 Å². The molecule has 1 rings (SSSR count). The standard InChI is InChI=1S/C9H17O2P/c1-7(2)10-12-9(4,5)6-8(3)11-12/h6-7H,1-5H3. The SMILES string of the molecule is CC1=CC(C)(C)P(OC(C)C)O1. The fourth-order valence-electron chi connectivity index (χ4n) is 1.17. The van der Waals surface area contributed by atoms with Crippen molar-refractivity contribution in [2.45, 2.75) is 45.9 Å². The minimum absolute atomic E-state index is 0.0731. The largest absolute Gasteiger partial charge is 0.452 e. The van der Waals surface area contributed by atoms with Crippen molar-refractivity contribution in [3.8, 4) is 0 Å². The van der Waals surface area contributed by atoms with Gasteiger partial charge in [-0.05, 0) is 40.7 Å². The monoisotopic (exact) mass is 188 g/mol. The first-order valence-corrected chi connectivity index (χ1v) is 5.44. The molecular formula is C9H17O2P. The molecule has 1 aliphatic rings. The molecule has 0 bridgehead atoms. The number of hydrogen-bond donors (Lipinski definition) is 0. The van der Waals surface area contributed by atoms with E-state index in [1.54, 1.807) is 0 Å². The van der Waals surface area contributed by atoms with Crippen LogP contribution in [0.2, 0.25) is 0 Å². The molecule has 3 heteroatoms. The zero-order chi connectivity index (χ0) is 9.35. The highest BCUT2D eigenvalue weighted by Gasteiger charge is 2.37. The van der Waals surface area contributed by atoms with E-state index in [1.165, 1.54) is 0 Å². The van der Waals surface area contributed by atoms with Crippen molar-refractivity contribution < 1.29 is 9.05 Å². The van der Waals surface area contributed by atoms with E-state index in [2.05, 4.69) is 19.9 Å². The second kappa shape index (κ2) is 3.35. The lowest BCUT2D eigenvalue weighted by molar-refractivity contribution is 0.227. The number of rotatable bonds is 2. The van der Waals surface area contributed by atoms with Crippen LogP contribution in [0.5, 0.6) is 0 Å². The first-order chi connectivity index (χ1) is 5.42. The Labute approximate surface area is 75.9 Å². The van der Waals surface area contributed by atoms with E-state index < -0.39 is 8.38 Å². The average molecular weight is 188 g/mol. The second-order valence-corrected chi connectivity index (χ2v) is 5.97. The predicted octanol–water partition coefficient (Wildman–Crippen LogP) is 3.44. The molecule has 12 heavy (non-hydrogen) atoms. The highest BCUT2D eigenvalue weighted by molar-refractivity contribution is 7.49. The zero-order valence-electron chi connectivity index (χ0n) is 8.42. The Bertz CT molecular complexity index is 197. The van der Waals surface area contributed by atoms with Crippen molar-refractivity contribution in [3.63, 3.8) is 0 Å². The van der Waals surface area contributed by atoms with Crippen LogP contribution in [-0.2, 0) is 9.05 Å². The Morgan fingerprint density at radius 1 is 1.50 bits per heavy atom. The summed E-state index contributed by atoms with van der Waals surface area (Å²) >= 11 is 0. The first kappa shape index (κ1) is 10.0. The summed E-state index contributed by atoms with van der Waals surface area (Å²) < 4.78 is 11.3. The van der Waals surface area contributed by atoms with E-state index in [0.29, 0.717) is 0 Å². The fourth-order valence-corrected chi connectivity index (χ4v) is 2.71. The van der Waals surface area contributed by atoms with Gasteiger partial charge in [0.15, 0.2) is 0 Å². The topological polar surface area (TPSA) is 18.5 Å². The molecule has 0 aromatic carbocycles. The van der Waals surface area contributed by atoms with Crippen molar-refractivity contribution in [1.29, 1.82) is 0 Å². The molecule has 0 radical (unpaired) electrons. The average Bonchev–Trinajstić information content (AvgIpc) is 2.04. The molecule has 0 aliphatic carbocycles. The van der Waals surface area contributed by atoms with Crippen LogP contribution in [0.1, 0.15) is 34.6 Å².